The van der Waals surface area contributed by atoms with E-state index in [9.17, 15) is 9.90 Å². The van der Waals surface area contributed by atoms with E-state index in [-0.39, 0.29) is 17.4 Å². The first-order valence-electron chi connectivity index (χ1n) is 5.75. The molecule has 0 aromatic heterocycles. The van der Waals surface area contributed by atoms with E-state index in [4.69, 9.17) is 10.6 Å². The van der Waals surface area contributed by atoms with Crippen LogP contribution in [0.5, 0.6) is 0 Å². The van der Waals surface area contributed by atoms with Gasteiger partial charge in [0, 0.05) is 5.92 Å². The molecule has 0 radical (unpaired) electrons. The molecule has 90 valence electrons. The summed E-state index contributed by atoms with van der Waals surface area (Å²) in [5.74, 6) is -0.499. The number of carbonyl (C=O) groups excluding carboxylic acids is 1. The van der Waals surface area contributed by atoms with Crippen molar-refractivity contribution in [1.29, 1.82) is 0 Å². The zero-order valence-electron chi connectivity index (χ0n) is 9.30. The first-order valence-corrected chi connectivity index (χ1v) is 5.75. The molecule has 1 atom stereocenters. The number of hydrogen-bond donors (Lipinski definition) is 2. The highest BCUT2D eigenvalue weighted by atomic mass is 16.3. The molecule has 1 saturated carbocycles. The van der Waals surface area contributed by atoms with E-state index < -0.39 is 12.7 Å². The largest absolute Gasteiger partial charge is 0.393 e. The number of ketones is 1. The van der Waals surface area contributed by atoms with E-state index in [1.165, 1.54) is 0 Å². The number of hydrogen-bond acceptors (Lipinski definition) is 3. The Bertz CT molecular complexity index is 290. The quantitative estimate of drug-likeness (QED) is 0.317. The van der Waals surface area contributed by atoms with E-state index in [2.05, 4.69) is 4.79 Å². The molecule has 1 unspecified atom stereocenters. The molecule has 0 spiro atoms. The molecular formula is C11H18N2O3. The van der Waals surface area contributed by atoms with Crippen LogP contribution < -0.4 is 0 Å². The second-order valence-electron chi connectivity index (χ2n) is 4.24. The molecule has 5 nitrogen and oxygen atoms in total. The molecule has 0 heterocycles. The van der Waals surface area contributed by atoms with Crippen molar-refractivity contribution >= 4 is 11.5 Å². The van der Waals surface area contributed by atoms with E-state index in [0.717, 1.165) is 38.5 Å². The Morgan fingerprint density at radius 1 is 1.31 bits per heavy atom. The van der Waals surface area contributed by atoms with Gasteiger partial charge in [-0.15, -0.1) is 0 Å². The van der Waals surface area contributed by atoms with Crippen LogP contribution in [-0.2, 0) is 4.79 Å². The first-order chi connectivity index (χ1) is 7.70. The molecular weight excluding hydrogens is 208 g/mol. The van der Waals surface area contributed by atoms with Gasteiger partial charge in [-0.1, -0.05) is 25.7 Å². The van der Waals surface area contributed by atoms with Gasteiger partial charge < -0.3 is 15.7 Å². The predicted octanol–water partition coefficient (Wildman–Crippen LogP) is 0.550. The molecule has 0 aliphatic heterocycles. The van der Waals surface area contributed by atoms with Gasteiger partial charge in [0.1, 0.15) is 0 Å². The first kappa shape index (κ1) is 13.0. The van der Waals surface area contributed by atoms with Crippen molar-refractivity contribution in [2.75, 3.05) is 6.61 Å². The molecule has 0 amide bonds. The average Bonchev–Trinajstić information content (AvgIpc) is 2.58. The predicted molar refractivity (Wildman–Crippen MR) is 57.9 cm³/mol. The van der Waals surface area contributed by atoms with Crippen molar-refractivity contribution in [3.8, 4) is 0 Å². The normalized spacial score (nSPS) is 19.6. The van der Waals surface area contributed by atoms with Crippen molar-refractivity contribution in [2.24, 2.45) is 5.92 Å². The van der Waals surface area contributed by atoms with Crippen LogP contribution in [0.15, 0.2) is 0 Å². The molecule has 2 N–H and O–H groups in total. The number of nitrogens with zero attached hydrogens (tertiary/aromatic N) is 2. The number of carbonyl (C=O) groups is 1. The zero-order valence-corrected chi connectivity index (χ0v) is 9.30. The summed E-state index contributed by atoms with van der Waals surface area (Å²) in [6.45, 7) is -0.599. The van der Waals surface area contributed by atoms with Gasteiger partial charge in [0.25, 0.3) is 0 Å². The van der Waals surface area contributed by atoms with Crippen molar-refractivity contribution < 1.29 is 19.8 Å². The van der Waals surface area contributed by atoms with Crippen LogP contribution in [-0.4, -0.2) is 39.2 Å². The summed E-state index contributed by atoms with van der Waals surface area (Å²) in [6, 6.07) is 0. The summed E-state index contributed by atoms with van der Waals surface area (Å²) < 4.78 is 0. The molecule has 0 aromatic carbocycles. The fraction of sp³-hybridized carbons (Fsp3) is 0.818. The summed E-state index contributed by atoms with van der Waals surface area (Å²) in [5.41, 5.74) is 8.38. The van der Waals surface area contributed by atoms with Gasteiger partial charge in [0.05, 0.1) is 6.61 Å². The van der Waals surface area contributed by atoms with Gasteiger partial charge in [0.2, 0.25) is 5.78 Å². The van der Waals surface area contributed by atoms with E-state index >= 15 is 0 Å². The molecule has 1 rings (SSSR count). The summed E-state index contributed by atoms with van der Waals surface area (Å²) >= 11 is 0. The summed E-state index contributed by atoms with van der Waals surface area (Å²) in [6.07, 6.45) is 4.40. The van der Waals surface area contributed by atoms with Gasteiger partial charge in [-0.3, -0.25) is 4.79 Å². The highest BCUT2D eigenvalue weighted by Gasteiger charge is 2.34. The SMILES string of the molecule is [N-]=[N+]=C(C(=O)C1CCCCCC1)C(O)CO. The number of aliphatic hydroxyl groups is 2. The Balaban J connectivity index is 2.70. The Kier molecular flexibility index (Phi) is 5.32. The second-order valence-corrected chi connectivity index (χ2v) is 4.24. The molecule has 1 aliphatic carbocycles. The Hall–Kier alpha value is -1.03. The average molecular weight is 226 g/mol. The smallest absolute Gasteiger partial charge is 0.365 e. The minimum atomic E-state index is -1.37. The van der Waals surface area contributed by atoms with Crippen LogP contribution in [0.25, 0.3) is 5.53 Å². The Morgan fingerprint density at radius 2 is 1.88 bits per heavy atom. The molecule has 0 bridgehead atoms. The van der Waals surface area contributed by atoms with Gasteiger partial charge in [-0.2, -0.15) is 4.79 Å². The minimum Gasteiger partial charge on any atom is -0.393 e. The lowest BCUT2D eigenvalue weighted by molar-refractivity contribution is -0.123. The number of Topliss-reactive ketones (excluding diaryl/α,β-unsaturated/α-hetero) is 1. The van der Waals surface area contributed by atoms with Gasteiger partial charge >= 0.3 is 5.71 Å². The third kappa shape index (κ3) is 3.23. The van der Waals surface area contributed by atoms with Gasteiger partial charge in [0.15, 0.2) is 6.10 Å². The monoisotopic (exact) mass is 226 g/mol. The highest BCUT2D eigenvalue weighted by molar-refractivity contribution is 6.39. The molecule has 0 aromatic rings. The maximum absolute atomic E-state index is 11.9. The molecule has 0 saturated heterocycles. The lowest BCUT2D eigenvalue weighted by Gasteiger charge is -2.10. The topological polar surface area (TPSA) is 93.9 Å². The van der Waals surface area contributed by atoms with Crippen LogP contribution in [0.3, 0.4) is 0 Å². The molecule has 1 fully saturated rings. The number of aliphatic hydroxyl groups excluding tert-OH is 2. The van der Waals surface area contributed by atoms with Crippen LogP contribution in [0.4, 0.5) is 0 Å². The minimum absolute atomic E-state index is 0.172. The Morgan fingerprint density at radius 3 is 2.31 bits per heavy atom. The van der Waals surface area contributed by atoms with Crippen molar-refractivity contribution in [3.63, 3.8) is 0 Å². The molecule has 16 heavy (non-hydrogen) atoms. The van der Waals surface area contributed by atoms with Gasteiger partial charge in [-0.25, -0.2) is 0 Å². The molecule has 1 aliphatic rings. The fourth-order valence-electron chi connectivity index (χ4n) is 2.12. The van der Waals surface area contributed by atoms with Crippen LogP contribution in [0.1, 0.15) is 38.5 Å². The van der Waals surface area contributed by atoms with Crippen LogP contribution in [0, 0.1) is 5.92 Å². The summed E-state index contributed by atoms with van der Waals surface area (Å²) in [5, 5.41) is 18.1. The second kappa shape index (κ2) is 6.53. The van der Waals surface area contributed by atoms with E-state index in [1.807, 2.05) is 0 Å². The summed E-state index contributed by atoms with van der Waals surface area (Å²) in [7, 11) is 0. The van der Waals surface area contributed by atoms with E-state index in [0.29, 0.717) is 0 Å². The molecule has 5 heteroatoms. The van der Waals surface area contributed by atoms with Crippen molar-refractivity contribution in [3.05, 3.63) is 5.53 Å². The van der Waals surface area contributed by atoms with Crippen LogP contribution in [0.2, 0.25) is 0 Å². The lowest BCUT2D eigenvalue weighted by atomic mass is 9.91. The van der Waals surface area contributed by atoms with Crippen LogP contribution >= 0.6 is 0 Å². The Labute approximate surface area is 94.7 Å². The van der Waals surface area contributed by atoms with Crippen molar-refractivity contribution in [1.82, 2.24) is 0 Å². The van der Waals surface area contributed by atoms with E-state index in [1.54, 1.807) is 0 Å². The highest BCUT2D eigenvalue weighted by Crippen LogP contribution is 2.24. The maximum Gasteiger partial charge on any atom is 0.365 e. The zero-order chi connectivity index (χ0) is 12.0. The lowest BCUT2D eigenvalue weighted by Crippen LogP contribution is -2.36. The standard InChI is InChI=1S/C11H18N2O3/c12-13-10(9(15)7-14)11(16)8-5-3-1-2-4-6-8/h8-9,14-15H,1-7H2. The van der Waals surface area contributed by atoms with Crippen molar-refractivity contribution in [2.45, 2.75) is 44.6 Å². The fourth-order valence-corrected chi connectivity index (χ4v) is 2.12. The summed E-state index contributed by atoms with van der Waals surface area (Å²) in [4.78, 5) is 14.7. The third-order valence-corrected chi connectivity index (χ3v) is 3.07. The third-order valence-electron chi connectivity index (χ3n) is 3.07. The number of rotatable bonds is 4. The van der Waals surface area contributed by atoms with Gasteiger partial charge in [-0.05, 0) is 12.8 Å². The maximum atomic E-state index is 11.9.